The highest BCUT2D eigenvalue weighted by Gasteiger charge is 2.12. The van der Waals surface area contributed by atoms with E-state index in [0.717, 1.165) is 15.5 Å². The molecule has 0 radical (unpaired) electrons. The molecule has 0 fully saturated rings. The molecule has 1 N–H and O–H groups in total. The fourth-order valence-corrected chi connectivity index (χ4v) is 4.70. The van der Waals surface area contributed by atoms with E-state index in [2.05, 4.69) is 15.5 Å². The fraction of sp³-hybridized carbons (Fsp3) is 0.167. The lowest BCUT2D eigenvalue weighted by atomic mass is 10.1. The Morgan fingerprint density at radius 2 is 1.85 bits per heavy atom. The third-order valence-electron chi connectivity index (χ3n) is 3.56. The van der Waals surface area contributed by atoms with Crippen LogP contribution < -0.4 is 5.32 Å². The summed E-state index contributed by atoms with van der Waals surface area (Å²) in [5.41, 5.74) is 2.40. The van der Waals surface area contributed by atoms with Crippen LogP contribution in [0.25, 0.3) is 0 Å². The summed E-state index contributed by atoms with van der Waals surface area (Å²) in [6.45, 7) is 0.508. The van der Waals surface area contributed by atoms with Gasteiger partial charge in [0.1, 0.15) is 0 Å². The summed E-state index contributed by atoms with van der Waals surface area (Å²) < 4.78 is 5.78. The average molecular weight is 440 g/mol. The second-order valence-electron chi connectivity index (χ2n) is 5.45. The number of aromatic nitrogens is 2. The average Bonchev–Trinajstić information content (AvgIpc) is 3.09. The van der Waals surface area contributed by atoms with Gasteiger partial charge in [0.2, 0.25) is 5.13 Å². The SMILES string of the molecule is COCc1ccc(C(=O)Nc2nnc(SCc3c(Cl)cccc3Cl)s2)cc1. The summed E-state index contributed by atoms with van der Waals surface area (Å²) in [7, 11) is 1.63. The predicted octanol–water partition coefficient (Wildman–Crippen LogP) is 5.54. The van der Waals surface area contributed by atoms with Gasteiger partial charge in [-0.15, -0.1) is 10.2 Å². The van der Waals surface area contributed by atoms with Crippen molar-refractivity contribution in [3.05, 3.63) is 69.2 Å². The van der Waals surface area contributed by atoms with Gasteiger partial charge in [-0.3, -0.25) is 10.1 Å². The molecule has 0 saturated carbocycles. The molecule has 0 aliphatic heterocycles. The van der Waals surface area contributed by atoms with E-state index in [1.807, 2.05) is 12.1 Å². The Morgan fingerprint density at radius 3 is 2.52 bits per heavy atom. The van der Waals surface area contributed by atoms with Crippen molar-refractivity contribution in [3.63, 3.8) is 0 Å². The first-order chi connectivity index (χ1) is 13.1. The van der Waals surface area contributed by atoms with E-state index in [4.69, 9.17) is 27.9 Å². The van der Waals surface area contributed by atoms with Crippen molar-refractivity contribution in [2.75, 3.05) is 12.4 Å². The van der Waals surface area contributed by atoms with Crippen molar-refractivity contribution in [3.8, 4) is 0 Å². The second-order valence-corrected chi connectivity index (χ2v) is 8.46. The van der Waals surface area contributed by atoms with Gasteiger partial charge in [-0.05, 0) is 35.4 Å². The highest BCUT2D eigenvalue weighted by molar-refractivity contribution is 8.00. The largest absolute Gasteiger partial charge is 0.380 e. The maximum absolute atomic E-state index is 12.3. The van der Waals surface area contributed by atoms with E-state index in [-0.39, 0.29) is 5.91 Å². The van der Waals surface area contributed by atoms with Gasteiger partial charge in [0.05, 0.1) is 6.61 Å². The lowest BCUT2D eigenvalue weighted by molar-refractivity contribution is 0.102. The molecule has 1 amide bonds. The number of nitrogens with zero attached hydrogens (tertiary/aromatic N) is 2. The van der Waals surface area contributed by atoms with Gasteiger partial charge in [-0.25, -0.2) is 0 Å². The zero-order valence-corrected chi connectivity index (χ0v) is 17.4. The van der Waals surface area contributed by atoms with Crippen LogP contribution in [-0.4, -0.2) is 23.2 Å². The highest BCUT2D eigenvalue weighted by atomic mass is 35.5. The number of ether oxygens (including phenoxy) is 1. The van der Waals surface area contributed by atoms with Gasteiger partial charge in [0.15, 0.2) is 4.34 Å². The number of hydrogen-bond acceptors (Lipinski definition) is 6. The molecule has 3 aromatic rings. The Labute approximate surface area is 175 Å². The third kappa shape index (κ3) is 5.43. The molecule has 2 aromatic carbocycles. The van der Waals surface area contributed by atoms with Crippen molar-refractivity contribution >= 4 is 57.3 Å². The summed E-state index contributed by atoms with van der Waals surface area (Å²) in [6, 6.07) is 12.6. The number of thioether (sulfide) groups is 1. The Morgan fingerprint density at radius 1 is 1.15 bits per heavy atom. The molecule has 0 unspecified atom stereocenters. The van der Waals surface area contributed by atoms with Gasteiger partial charge in [-0.2, -0.15) is 0 Å². The number of amides is 1. The Bertz CT molecular complexity index is 912. The number of anilines is 1. The zero-order chi connectivity index (χ0) is 19.2. The minimum atomic E-state index is -0.235. The van der Waals surface area contributed by atoms with Crippen LogP contribution in [0.4, 0.5) is 5.13 Å². The van der Waals surface area contributed by atoms with E-state index in [9.17, 15) is 4.79 Å². The van der Waals surface area contributed by atoms with E-state index >= 15 is 0 Å². The lowest BCUT2D eigenvalue weighted by Gasteiger charge is -2.04. The Hall–Kier alpha value is -1.64. The summed E-state index contributed by atoms with van der Waals surface area (Å²) in [6.07, 6.45) is 0. The molecule has 5 nitrogen and oxygen atoms in total. The van der Waals surface area contributed by atoms with Crippen molar-refractivity contribution in [2.45, 2.75) is 16.7 Å². The predicted molar refractivity (Wildman–Crippen MR) is 111 cm³/mol. The minimum absolute atomic E-state index is 0.235. The zero-order valence-electron chi connectivity index (χ0n) is 14.2. The van der Waals surface area contributed by atoms with E-state index in [0.29, 0.717) is 33.1 Å². The van der Waals surface area contributed by atoms with E-state index < -0.39 is 0 Å². The molecular formula is C18H15Cl2N3O2S2. The highest BCUT2D eigenvalue weighted by Crippen LogP contribution is 2.33. The second kappa shape index (κ2) is 9.52. The molecule has 9 heteroatoms. The Balaban J connectivity index is 1.59. The van der Waals surface area contributed by atoms with Crippen LogP contribution in [-0.2, 0) is 17.1 Å². The van der Waals surface area contributed by atoms with Crippen molar-refractivity contribution in [2.24, 2.45) is 0 Å². The maximum Gasteiger partial charge on any atom is 0.257 e. The molecule has 27 heavy (non-hydrogen) atoms. The van der Waals surface area contributed by atoms with Crippen molar-refractivity contribution in [1.29, 1.82) is 0 Å². The van der Waals surface area contributed by atoms with E-state index in [1.54, 1.807) is 37.4 Å². The van der Waals surface area contributed by atoms with Gasteiger partial charge in [0.25, 0.3) is 5.91 Å². The number of benzene rings is 2. The smallest absolute Gasteiger partial charge is 0.257 e. The number of nitrogens with one attached hydrogen (secondary N) is 1. The van der Waals surface area contributed by atoms with Crippen LogP contribution in [0.15, 0.2) is 46.8 Å². The molecule has 0 saturated heterocycles. The van der Waals surface area contributed by atoms with Crippen LogP contribution in [0, 0.1) is 0 Å². The minimum Gasteiger partial charge on any atom is -0.380 e. The van der Waals surface area contributed by atoms with Gasteiger partial charge in [-0.1, -0.05) is 64.5 Å². The van der Waals surface area contributed by atoms with Crippen LogP contribution in [0.3, 0.4) is 0 Å². The first kappa shape index (κ1) is 20.1. The molecule has 0 atom stereocenters. The van der Waals surface area contributed by atoms with Gasteiger partial charge >= 0.3 is 0 Å². The number of methoxy groups -OCH3 is 1. The molecule has 1 heterocycles. The van der Waals surface area contributed by atoms with Crippen LogP contribution in [0.2, 0.25) is 10.0 Å². The monoisotopic (exact) mass is 439 g/mol. The molecular weight excluding hydrogens is 425 g/mol. The topological polar surface area (TPSA) is 64.1 Å². The number of hydrogen-bond donors (Lipinski definition) is 1. The first-order valence-corrected chi connectivity index (χ1v) is 10.4. The standard InChI is InChI=1S/C18H15Cl2N3O2S2/c1-25-9-11-5-7-12(8-6-11)16(24)21-17-22-23-18(27-17)26-10-13-14(19)3-2-4-15(13)20/h2-8H,9-10H2,1H3,(H,21,22,24). The van der Waals surface area contributed by atoms with Crippen LogP contribution >= 0.6 is 46.3 Å². The van der Waals surface area contributed by atoms with Gasteiger partial charge < -0.3 is 4.74 Å². The van der Waals surface area contributed by atoms with Gasteiger partial charge in [0, 0.05) is 28.5 Å². The normalized spacial score (nSPS) is 10.8. The fourth-order valence-electron chi connectivity index (χ4n) is 2.21. The molecule has 0 aliphatic rings. The molecule has 1 aromatic heterocycles. The van der Waals surface area contributed by atoms with Crippen LogP contribution in [0.1, 0.15) is 21.5 Å². The summed E-state index contributed by atoms with van der Waals surface area (Å²) in [5.74, 6) is 0.336. The first-order valence-electron chi connectivity index (χ1n) is 7.85. The molecule has 140 valence electrons. The number of rotatable bonds is 7. The quantitative estimate of drug-likeness (QED) is 0.386. The van der Waals surface area contributed by atoms with E-state index in [1.165, 1.54) is 23.1 Å². The lowest BCUT2D eigenvalue weighted by Crippen LogP contribution is -2.11. The molecule has 0 aliphatic carbocycles. The molecule has 0 bridgehead atoms. The van der Waals surface area contributed by atoms with Crippen LogP contribution in [0.5, 0.6) is 0 Å². The number of carbonyl (C=O) groups is 1. The number of halogens is 2. The van der Waals surface area contributed by atoms with Crippen molar-refractivity contribution < 1.29 is 9.53 Å². The molecule has 3 rings (SSSR count). The summed E-state index contributed by atoms with van der Waals surface area (Å²) in [4.78, 5) is 12.3. The maximum atomic E-state index is 12.3. The Kier molecular flexibility index (Phi) is 7.09. The summed E-state index contributed by atoms with van der Waals surface area (Å²) >= 11 is 15.1. The van der Waals surface area contributed by atoms with Crippen molar-refractivity contribution in [1.82, 2.24) is 10.2 Å². The number of carbonyl (C=O) groups excluding carboxylic acids is 1. The summed E-state index contributed by atoms with van der Waals surface area (Å²) in [5, 5.41) is 12.5. The third-order valence-corrected chi connectivity index (χ3v) is 6.26. The molecule has 0 spiro atoms.